The Bertz CT molecular complexity index is 416. The summed E-state index contributed by atoms with van der Waals surface area (Å²) in [6.07, 6.45) is 1.54. The van der Waals surface area contributed by atoms with E-state index in [4.69, 9.17) is 0 Å². The maximum atomic E-state index is 10.7. The number of carbonyl (C=O) groups excluding carboxylic acids is 1. The van der Waals surface area contributed by atoms with Gasteiger partial charge in [0.1, 0.15) is 6.42 Å². The fraction of sp³-hybridized carbons (Fsp3) is 0.200. The smallest absolute Gasteiger partial charge is 0.317 e. The van der Waals surface area contributed by atoms with E-state index in [1.54, 1.807) is 6.07 Å². The van der Waals surface area contributed by atoms with E-state index in [0.29, 0.717) is 5.56 Å². The predicted octanol–water partition coefficient (Wildman–Crippen LogP) is 0.290. The maximum Gasteiger partial charge on any atom is 0.317 e. The molecule has 4 heteroatoms. The fourth-order valence-corrected chi connectivity index (χ4v) is 0.779. The minimum atomic E-state index is -0.373. The molecule has 1 heterocycles. The van der Waals surface area contributed by atoms with E-state index in [-0.39, 0.29) is 17.9 Å². The highest BCUT2D eigenvalue weighted by atomic mass is 16.5. The van der Waals surface area contributed by atoms with Crippen molar-refractivity contribution in [2.24, 2.45) is 0 Å². The van der Waals surface area contributed by atoms with Gasteiger partial charge in [-0.15, -0.1) is 0 Å². The number of H-pyrrole nitrogens is 1. The summed E-state index contributed by atoms with van der Waals surface area (Å²) >= 11 is 0. The van der Waals surface area contributed by atoms with Crippen LogP contribution in [-0.4, -0.2) is 18.1 Å². The van der Waals surface area contributed by atoms with Crippen molar-refractivity contribution < 1.29 is 9.53 Å². The van der Waals surface area contributed by atoms with Crippen LogP contribution in [0.3, 0.4) is 0 Å². The van der Waals surface area contributed by atoms with Crippen LogP contribution in [0.15, 0.2) is 23.1 Å². The Morgan fingerprint density at radius 2 is 2.36 bits per heavy atom. The summed E-state index contributed by atoms with van der Waals surface area (Å²) in [6, 6.07) is 2.96. The molecule has 0 saturated carbocycles. The third kappa shape index (κ3) is 3.15. The van der Waals surface area contributed by atoms with Gasteiger partial charge < -0.3 is 9.72 Å². The first-order chi connectivity index (χ1) is 6.72. The topological polar surface area (TPSA) is 59.2 Å². The molecule has 0 spiro atoms. The molecule has 0 aliphatic heterocycles. The van der Waals surface area contributed by atoms with Crippen molar-refractivity contribution in [3.8, 4) is 11.8 Å². The molecular formula is C10H9NO3. The van der Waals surface area contributed by atoms with Gasteiger partial charge in [0.15, 0.2) is 0 Å². The van der Waals surface area contributed by atoms with Crippen molar-refractivity contribution >= 4 is 5.97 Å². The van der Waals surface area contributed by atoms with Gasteiger partial charge in [0.2, 0.25) is 5.56 Å². The SMILES string of the molecule is COC(=O)CC#Cc1ccc(=O)[nH]c1. The monoisotopic (exact) mass is 191 g/mol. The lowest BCUT2D eigenvalue weighted by Gasteiger charge is -1.89. The first-order valence-corrected chi connectivity index (χ1v) is 3.97. The van der Waals surface area contributed by atoms with Crippen LogP contribution in [0.25, 0.3) is 0 Å². The molecule has 1 aromatic heterocycles. The molecule has 0 atom stereocenters. The van der Waals surface area contributed by atoms with Gasteiger partial charge in [0.05, 0.1) is 7.11 Å². The van der Waals surface area contributed by atoms with Crippen molar-refractivity contribution in [3.63, 3.8) is 0 Å². The highest BCUT2D eigenvalue weighted by Gasteiger charge is 1.93. The van der Waals surface area contributed by atoms with E-state index in [2.05, 4.69) is 21.6 Å². The average Bonchev–Trinajstić information content (AvgIpc) is 2.21. The van der Waals surface area contributed by atoms with Gasteiger partial charge >= 0.3 is 5.97 Å². The first-order valence-electron chi connectivity index (χ1n) is 3.97. The number of hydrogen-bond donors (Lipinski definition) is 1. The Balaban J connectivity index is 2.64. The molecule has 0 fully saturated rings. The van der Waals surface area contributed by atoms with E-state index in [9.17, 15) is 9.59 Å². The van der Waals surface area contributed by atoms with Gasteiger partial charge in [0, 0.05) is 17.8 Å². The number of rotatable bonds is 1. The van der Waals surface area contributed by atoms with Crippen LogP contribution in [0, 0.1) is 11.8 Å². The lowest BCUT2D eigenvalue weighted by Crippen LogP contribution is -2.01. The molecule has 0 unspecified atom stereocenters. The largest absolute Gasteiger partial charge is 0.468 e. The third-order valence-electron chi connectivity index (χ3n) is 1.48. The molecule has 0 aromatic carbocycles. The van der Waals surface area contributed by atoms with E-state index in [1.807, 2.05) is 0 Å². The van der Waals surface area contributed by atoms with E-state index in [1.165, 1.54) is 19.4 Å². The third-order valence-corrected chi connectivity index (χ3v) is 1.48. The lowest BCUT2D eigenvalue weighted by molar-refractivity contribution is -0.139. The molecule has 0 amide bonds. The fourth-order valence-electron chi connectivity index (χ4n) is 0.779. The quantitative estimate of drug-likeness (QED) is 0.512. The number of pyridine rings is 1. The molecule has 1 aromatic rings. The molecule has 0 bridgehead atoms. The standard InChI is InChI=1S/C10H9NO3/c1-14-10(13)4-2-3-8-5-6-9(12)11-7-8/h5-7H,4H2,1H3,(H,11,12). The molecule has 1 rings (SSSR count). The summed E-state index contributed by atoms with van der Waals surface area (Å²) in [6.45, 7) is 0. The van der Waals surface area contributed by atoms with Crippen LogP contribution in [0.2, 0.25) is 0 Å². The summed E-state index contributed by atoms with van der Waals surface area (Å²) in [5.41, 5.74) is 0.483. The highest BCUT2D eigenvalue weighted by Crippen LogP contribution is 1.89. The van der Waals surface area contributed by atoms with Gasteiger partial charge in [-0.2, -0.15) is 0 Å². The number of aromatic nitrogens is 1. The molecule has 0 aliphatic carbocycles. The Labute approximate surface area is 80.9 Å². The summed E-state index contributed by atoms with van der Waals surface area (Å²) in [5.74, 6) is 4.97. The number of methoxy groups -OCH3 is 1. The zero-order chi connectivity index (χ0) is 10.4. The van der Waals surface area contributed by atoms with Crippen molar-refractivity contribution in [1.29, 1.82) is 0 Å². The molecule has 0 saturated heterocycles. The minimum absolute atomic E-state index is 0.0512. The molecule has 0 aliphatic rings. The van der Waals surface area contributed by atoms with Crippen molar-refractivity contribution in [3.05, 3.63) is 34.2 Å². The van der Waals surface area contributed by atoms with E-state index in [0.717, 1.165) is 0 Å². The van der Waals surface area contributed by atoms with Gasteiger partial charge in [-0.25, -0.2) is 0 Å². The average molecular weight is 191 g/mol. The van der Waals surface area contributed by atoms with Gasteiger partial charge in [0.25, 0.3) is 0 Å². The highest BCUT2D eigenvalue weighted by molar-refractivity contribution is 5.72. The number of carbonyl (C=O) groups is 1. The van der Waals surface area contributed by atoms with Crippen molar-refractivity contribution in [2.75, 3.05) is 7.11 Å². The Morgan fingerprint density at radius 1 is 1.57 bits per heavy atom. The molecule has 1 N–H and O–H groups in total. The second kappa shape index (κ2) is 4.87. The van der Waals surface area contributed by atoms with Crippen LogP contribution in [-0.2, 0) is 9.53 Å². The van der Waals surface area contributed by atoms with E-state index >= 15 is 0 Å². The normalized spacial score (nSPS) is 8.64. The summed E-state index contributed by atoms with van der Waals surface area (Å²) in [5, 5.41) is 0. The Hall–Kier alpha value is -2.02. The summed E-state index contributed by atoms with van der Waals surface area (Å²) in [7, 11) is 1.31. The molecule has 72 valence electrons. The molecule has 14 heavy (non-hydrogen) atoms. The second-order valence-electron chi connectivity index (χ2n) is 2.50. The Morgan fingerprint density at radius 3 is 2.93 bits per heavy atom. The first kappa shape index (κ1) is 10.1. The zero-order valence-electron chi connectivity index (χ0n) is 7.66. The van der Waals surface area contributed by atoms with Crippen molar-refractivity contribution in [2.45, 2.75) is 6.42 Å². The number of esters is 1. The van der Waals surface area contributed by atoms with Gasteiger partial charge in [-0.3, -0.25) is 9.59 Å². The molecular weight excluding hydrogens is 182 g/mol. The van der Waals surface area contributed by atoms with Crippen LogP contribution < -0.4 is 5.56 Å². The zero-order valence-corrected chi connectivity index (χ0v) is 7.66. The predicted molar refractivity (Wildman–Crippen MR) is 50.6 cm³/mol. The summed E-state index contributed by atoms with van der Waals surface area (Å²) < 4.78 is 4.41. The van der Waals surface area contributed by atoms with Gasteiger partial charge in [-0.1, -0.05) is 11.8 Å². The number of hydrogen-bond acceptors (Lipinski definition) is 3. The second-order valence-corrected chi connectivity index (χ2v) is 2.50. The van der Waals surface area contributed by atoms with Crippen LogP contribution in [0.1, 0.15) is 12.0 Å². The van der Waals surface area contributed by atoms with Crippen LogP contribution in [0.4, 0.5) is 0 Å². The van der Waals surface area contributed by atoms with Crippen LogP contribution >= 0.6 is 0 Å². The van der Waals surface area contributed by atoms with Crippen LogP contribution in [0.5, 0.6) is 0 Å². The Kier molecular flexibility index (Phi) is 3.50. The summed E-state index contributed by atoms with van der Waals surface area (Å²) in [4.78, 5) is 23.8. The molecule has 4 nitrogen and oxygen atoms in total. The minimum Gasteiger partial charge on any atom is -0.468 e. The van der Waals surface area contributed by atoms with Crippen molar-refractivity contribution in [1.82, 2.24) is 4.98 Å². The maximum absolute atomic E-state index is 10.7. The number of aromatic amines is 1. The number of nitrogens with one attached hydrogen (secondary N) is 1. The van der Waals surface area contributed by atoms with E-state index < -0.39 is 0 Å². The lowest BCUT2D eigenvalue weighted by atomic mass is 10.3. The van der Waals surface area contributed by atoms with Gasteiger partial charge in [-0.05, 0) is 6.07 Å². The molecule has 0 radical (unpaired) electrons. The number of ether oxygens (including phenoxy) is 1.